The van der Waals surface area contributed by atoms with Crippen molar-refractivity contribution >= 4 is 18.0 Å². The highest BCUT2D eigenvalue weighted by atomic mass is 32.2. The minimum absolute atomic E-state index is 0.387. The van der Waals surface area contributed by atoms with Gasteiger partial charge in [-0.25, -0.2) is 0 Å². The van der Waals surface area contributed by atoms with Crippen LogP contribution in [0, 0.1) is 0 Å². The molecule has 0 spiro atoms. The standard InChI is InChI=1S/C8H11NO2S/c9-3-4-12-6-8-2-1-7(5-10)11-8/h1-2,5H,3-4,6,9H2. The lowest BCUT2D eigenvalue weighted by Gasteiger charge is -1.94. The van der Waals surface area contributed by atoms with Crippen molar-refractivity contribution in [2.75, 3.05) is 12.3 Å². The quantitative estimate of drug-likeness (QED) is 0.554. The normalized spacial score (nSPS) is 10.1. The second kappa shape index (κ2) is 5.00. The van der Waals surface area contributed by atoms with Gasteiger partial charge in [-0.3, -0.25) is 4.79 Å². The fraction of sp³-hybridized carbons (Fsp3) is 0.375. The van der Waals surface area contributed by atoms with Gasteiger partial charge in [0, 0.05) is 12.3 Å². The van der Waals surface area contributed by atoms with Crippen molar-refractivity contribution in [1.29, 1.82) is 0 Å². The Balaban J connectivity index is 2.36. The van der Waals surface area contributed by atoms with Crippen LogP contribution in [0.2, 0.25) is 0 Å². The molecule has 12 heavy (non-hydrogen) atoms. The molecule has 0 saturated heterocycles. The minimum atomic E-state index is 0.387. The van der Waals surface area contributed by atoms with Crippen molar-refractivity contribution in [3.05, 3.63) is 23.7 Å². The Kier molecular flexibility index (Phi) is 3.90. The van der Waals surface area contributed by atoms with Crippen LogP contribution in [-0.2, 0) is 5.75 Å². The second-order valence-corrected chi connectivity index (χ2v) is 3.37. The SMILES string of the molecule is NCCSCc1ccc(C=O)o1. The van der Waals surface area contributed by atoms with Crippen LogP contribution in [0.15, 0.2) is 16.5 Å². The Labute approximate surface area is 75.3 Å². The van der Waals surface area contributed by atoms with Crippen LogP contribution in [0.3, 0.4) is 0 Å². The molecule has 2 N–H and O–H groups in total. The molecular weight excluding hydrogens is 174 g/mol. The number of nitrogens with two attached hydrogens (primary N) is 1. The van der Waals surface area contributed by atoms with Crippen LogP contribution in [0.4, 0.5) is 0 Å². The lowest BCUT2D eigenvalue weighted by atomic mass is 10.4. The highest BCUT2D eigenvalue weighted by Crippen LogP contribution is 2.13. The number of aldehydes is 1. The summed E-state index contributed by atoms with van der Waals surface area (Å²) in [6, 6.07) is 3.48. The highest BCUT2D eigenvalue weighted by molar-refractivity contribution is 7.98. The largest absolute Gasteiger partial charge is 0.457 e. The summed E-state index contributed by atoms with van der Waals surface area (Å²) >= 11 is 1.70. The van der Waals surface area contributed by atoms with Crippen molar-refractivity contribution in [2.45, 2.75) is 5.75 Å². The number of carbonyl (C=O) groups is 1. The van der Waals surface area contributed by atoms with Crippen molar-refractivity contribution in [3.8, 4) is 0 Å². The summed E-state index contributed by atoms with van der Waals surface area (Å²) < 4.78 is 5.15. The first-order valence-corrected chi connectivity index (χ1v) is 4.84. The number of hydrogen-bond donors (Lipinski definition) is 1. The molecule has 3 nitrogen and oxygen atoms in total. The first-order valence-electron chi connectivity index (χ1n) is 3.68. The molecule has 0 fully saturated rings. The molecule has 0 aliphatic heterocycles. The van der Waals surface area contributed by atoms with Gasteiger partial charge in [0.15, 0.2) is 12.0 Å². The Hall–Kier alpha value is -0.740. The number of furan rings is 1. The Morgan fingerprint density at radius 3 is 3.00 bits per heavy atom. The van der Waals surface area contributed by atoms with Crippen molar-refractivity contribution in [1.82, 2.24) is 0 Å². The van der Waals surface area contributed by atoms with Gasteiger partial charge in [0.1, 0.15) is 5.76 Å². The van der Waals surface area contributed by atoms with Gasteiger partial charge in [0.05, 0.1) is 5.75 Å². The molecule has 1 aromatic rings. The molecule has 0 bridgehead atoms. The van der Waals surface area contributed by atoms with Gasteiger partial charge in [-0.15, -0.1) is 0 Å². The van der Waals surface area contributed by atoms with Crippen LogP contribution in [-0.4, -0.2) is 18.6 Å². The predicted octanol–water partition coefficient (Wildman–Crippen LogP) is 1.28. The number of thioether (sulfide) groups is 1. The predicted molar refractivity (Wildman–Crippen MR) is 49.3 cm³/mol. The zero-order valence-corrected chi connectivity index (χ0v) is 7.47. The lowest BCUT2D eigenvalue weighted by Crippen LogP contribution is -2.01. The molecule has 4 heteroatoms. The summed E-state index contributed by atoms with van der Waals surface area (Å²) in [5.74, 6) is 2.91. The van der Waals surface area contributed by atoms with Gasteiger partial charge in [0.2, 0.25) is 0 Å². The van der Waals surface area contributed by atoms with E-state index in [-0.39, 0.29) is 0 Å². The number of rotatable bonds is 5. The minimum Gasteiger partial charge on any atom is -0.457 e. The average Bonchev–Trinajstić information content (AvgIpc) is 2.53. The fourth-order valence-corrected chi connectivity index (χ4v) is 1.46. The van der Waals surface area contributed by atoms with Gasteiger partial charge >= 0.3 is 0 Å². The lowest BCUT2D eigenvalue weighted by molar-refractivity contribution is 0.109. The fourth-order valence-electron chi connectivity index (χ4n) is 0.792. The van der Waals surface area contributed by atoms with E-state index in [0.717, 1.165) is 17.3 Å². The molecule has 0 aliphatic rings. The van der Waals surface area contributed by atoms with Crippen LogP contribution >= 0.6 is 11.8 Å². The molecule has 0 aromatic carbocycles. The molecule has 0 unspecified atom stereocenters. The third-order valence-corrected chi connectivity index (χ3v) is 2.32. The van der Waals surface area contributed by atoms with E-state index in [1.54, 1.807) is 17.8 Å². The second-order valence-electron chi connectivity index (χ2n) is 2.26. The molecule has 0 amide bonds. The molecular formula is C8H11NO2S. The molecule has 66 valence electrons. The third-order valence-electron chi connectivity index (χ3n) is 1.31. The zero-order valence-electron chi connectivity index (χ0n) is 6.66. The van der Waals surface area contributed by atoms with E-state index < -0.39 is 0 Å². The van der Waals surface area contributed by atoms with Crippen molar-refractivity contribution in [3.63, 3.8) is 0 Å². The molecule has 1 heterocycles. The molecule has 0 radical (unpaired) electrons. The summed E-state index contributed by atoms with van der Waals surface area (Å²) in [4.78, 5) is 10.2. The van der Waals surface area contributed by atoms with Crippen LogP contribution in [0.1, 0.15) is 16.3 Å². The van der Waals surface area contributed by atoms with E-state index in [4.69, 9.17) is 10.2 Å². The third kappa shape index (κ3) is 2.71. The van der Waals surface area contributed by atoms with E-state index in [9.17, 15) is 4.79 Å². The topological polar surface area (TPSA) is 56.2 Å². The van der Waals surface area contributed by atoms with Crippen molar-refractivity contribution < 1.29 is 9.21 Å². The van der Waals surface area contributed by atoms with Crippen molar-refractivity contribution in [2.24, 2.45) is 5.73 Å². The van der Waals surface area contributed by atoms with Gasteiger partial charge in [-0.1, -0.05) is 0 Å². The zero-order chi connectivity index (χ0) is 8.81. The molecule has 1 rings (SSSR count). The van der Waals surface area contributed by atoms with E-state index in [2.05, 4.69) is 0 Å². The number of carbonyl (C=O) groups excluding carboxylic acids is 1. The van der Waals surface area contributed by atoms with Crippen LogP contribution < -0.4 is 5.73 Å². The summed E-state index contributed by atoms with van der Waals surface area (Å²) in [7, 11) is 0. The molecule has 0 atom stereocenters. The highest BCUT2D eigenvalue weighted by Gasteiger charge is 1.99. The van der Waals surface area contributed by atoms with E-state index in [1.165, 1.54) is 0 Å². The summed E-state index contributed by atoms with van der Waals surface area (Å²) in [5, 5.41) is 0. The van der Waals surface area contributed by atoms with Gasteiger partial charge in [-0.2, -0.15) is 11.8 Å². The van der Waals surface area contributed by atoms with E-state index >= 15 is 0 Å². The first-order chi connectivity index (χ1) is 5.86. The smallest absolute Gasteiger partial charge is 0.185 e. The summed E-state index contributed by atoms with van der Waals surface area (Å²) in [5.41, 5.74) is 5.32. The van der Waals surface area contributed by atoms with Crippen LogP contribution in [0.25, 0.3) is 0 Å². The molecule has 0 aliphatic carbocycles. The van der Waals surface area contributed by atoms with Gasteiger partial charge in [0.25, 0.3) is 0 Å². The maximum absolute atomic E-state index is 10.2. The maximum Gasteiger partial charge on any atom is 0.185 e. The molecule has 0 saturated carbocycles. The summed E-state index contributed by atoms with van der Waals surface area (Å²) in [6.07, 6.45) is 0.705. The Bertz CT molecular complexity index is 247. The Morgan fingerprint density at radius 2 is 2.42 bits per heavy atom. The Morgan fingerprint density at radius 1 is 1.58 bits per heavy atom. The maximum atomic E-state index is 10.2. The van der Waals surface area contributed by atoms with Crippen LogP contribution in [0.5, 0.6) is 0 Å². The average molecular weight is 185 g/mol. The van der Waals surface area contributed by atoms with Gasteiger partial charge < -0.3 is 10.2 Å². The first kappa shape index (κ1) is 9.35. The van der Waals surface area contributed by atoms with E-state index in [1.807, 2.05) is 6.07 Å². The number of hydrogen-bond acceptors (Lipinski definition) is 4. The molecule has 1 aromatic heterocycles. The monoisotopic (exact) mass is 185 g/mol. The van der Waals surface area contributed by atoms with Gasteiger partial charge in [-0.05, 0) is 12.1 Å². The van der Waals surface area contributed by atoms with E-state index in [0.29, 0.717) is 18.6 Å². The summed E-state index contributed by atoms with van der Waals surface area (Å²) in [6.45, 7) is 0.673.